The van der Waals surface area contributed by atoms with Crippen LogP contribution >= 0.6 is 0 Å². The average Bonchev–Trinajstić information content (AvgIpc) is 2.64. The molecular weight excluding hydrogens is 411 g/mol. The molecule has 0 aliphatic rings. The third kappa shape index (κ3) is 13.7. The maximum absolute atomic E-state index is 13.4. The summed E-state index contributed by atoms with van der Waals surface area (Å²) in [6, 6.07) is 0. The van der Waals surface area contributed by atoms with Gasteiger partial charge >= 0.3 is 24.0 Å². The van der Waals surface area contributed by atoms with E-state index in [0.29, 0.717) is 12.8 Å². The highest BCUT2D eigenvalue weighted by Gasteiger charge is 2.58. The molecule has 0 bridgehead atoms. The second-order valence-electron chi connectivity index (χ2n) is 7.53. The quantitative estimate of drug-likeness (QED) is 0.141. The molecule has 1 atom stereocenters. The van der Waals surface area contributed by atoms with Gasteiger partial charge in [0.25, 0.3) is 0 Å². The van der Waals surface area contributed by atoms with Gasteiger partial charge in [-0.3, -0.25) is 9.59 Å². The summed E-state index contributed by atoms with van der Waals surface area (Å²) in [6.45, 7) is 3.24. The number of rotatable bonds is 17. The summed E-state index contributed by atoms with van der Waals surface area (Å²) >= 11 is 0. The van der Waals surface area contributed by atoms with E-state index in [1.807, 2.05) is 13.8 Å². The first-order valence-corrected chi connectivity index (χ1v) is 10.8. The molecule has 9 heteroatoms. The van der Waals surface area contributed by atoms with Crippen LogP contribution in [0.25, 0.3) is 0 Å². The van der Waals surface area contributed by atoms with Gasteiger partial charge < -0.3 is 9.47 Å². The van der Waals surface area contributed by atoms with Crippen LogP contribution in [0.1, 0.15) is 97.3 Å². The van der Waals surface area contributed by atoms with Gasteiger partial charge in [-0.1, -0.05) is 65.2 Å². The number of alkyl halides is 5. The predicted octanol–water partition coefficient (Wildman–Crippen LogP) is 6.75. The van der Waals surface area contributed by atoms with Gasteiger partial charge in [-0.15, -0.1) is 0 Å². The lowest BCUT2D eigenvalue weighted by Gasteiger charge is -2.25. The Morgan fingerprint density at radius 1 is 0.733 bits per heavy atom. The van der Waals surface area contributed by atoms with Gasteiger partial charge in [0.15, 0.2) is 0 Å². The van der Waals surface area contributed by atoms with Crippen molar-refractivity contribution in [1.82, 2.24) is 0 Å². The topological polar surface area (TPSA) is 52.6 Å². The van der Waals surface area contributed by atoms with Gasteiger partial charge in [0.05, 0.1) is 6.42 Å². The third-order valence-electron chi connectivity index (χ3n) is 4.60. The minimum atomic E-state index is -5.78. The highest BCUT2D eigenvalue weighted by molar-refractivity contribution is 5.70. The Balaban J connectivity index is 4.61. The van der Waals surface area contributed by atoms with Crippen LogP contribution in [-0.4, -0.2) is 36.7 Å². The van der Waals surface area contributed by atoms with Gasteiger partial charge in [-0.25, -0.2) is 0 Å². The zero-order valence-electron chi connectivity index (χ0n) is 18.0. The van der Waals surface area contributed by atoms with Crippen molar-refractivity contribution in [1.29, 1.82) is 0 Å². The van der Waals surface area contributed by atoms with Gasteiger partial charge in [-0.2, -0.15) is 22.0 Å². The largest absolute Gasteiger partial charge is 0.462 e. The number of hydrogen-bond acceptors (Lipinski definition) is 4. The molecule has 0 rings (SSSR count). The first-order valence-electron chi connectivity index (χ1n) is 10.8. The second-order valence-corrected chi connectivity index (χ2v) is 7.53. The van der Waals surface area contributed by atoms with Crippen molar-refractivity contribution in [3.8, 4) is 0 Å². The summed E-state index contributed by atoms with van der Waals surface area (Å²) in [6.07, 6.45) is -1.02. The number of carbonyl (C=O) groups is 2. The molecule has 30 heavy (non-hydrogen) atoms. The predicted molar refractivity (Wildman–Crippen MR) is 103 cm³/mol. The minimum Gasteiger partial charge on any atom is -0.462 e. The van der Waals surface area contributed by atoms with Crippen molar-refractivity contribution in [2.75, 3.05) is 6.61 Å². The van der Waals surface area contributed by atoms with Crippen molar-refractivity contribution >= 4 is 11.9 Å². The summed E-state index contributed by atoms with van der Waals surface area (Å²) in [5, 5.41) is 0. The molecule has 0 amide bonds. The molecule has 1 unspecified atom stereocenters. The molecule has 0 radical (unpaired) electrons. The zero-order valence-corrected chi connectivity index (χ0v) is 18.0. The molecule has 0 spiro atoms. The summed E-state index contributed by atoms with van der Waals surface area (Å²) in [7, 11) is 0. The Hall–Kier alpha value is -1.41. The monoisotopic (exact) mass is 446 g/mol. The van der Waals surface area contributed by atoms with Crippen molar-refractivity contribution < 1.29 is 41.0 Å². The van der Waals surface area contributed by atoms with Crippen molar-refractivity contribution in [2.45, 2.75) is 116 Å². The molecule has 0 N–H and O–H groups in total. The van der Waals surface area contributed by atoms with Crippen molar-refractivity contribution in [2.24, 2.45) is 0 Å². The minimum absolute atomic E-state index is 0.0392. The van der Waals surface area contributed by atoms with E-state index in [9.17, 15) is 31.5 Å². The summed E-state index contributed by atoms with van der Waals surface area (Å²) < 4.78 is 74.0. The molecule has 0 heterocycles. The molecule has 0 aromatic rings. The van der Waals surface area contributed by atoms with Gasteiger partial charge in [0.1, 0.15) is 12.7 Å². The van der Waals surface area contributed by atoms with Crippen LogP contribution in [0.3, 0.4) is 0 Å². The van der Waals surface area contributed by atoms with E-state index in [1.165, 1.54) is 0 Å². The Morgan fingerprint density at radius 2 is 1.20 bits per heavy atom. The fraction of sp³-hybridized carbons (Fsp3) is 0.905. The average molecular weight is 446 g/mol. The van der Waals surface area contributed by atoms with Gasteiger partial charge in [-0.05, 0) is 12.8 Å². The molecular formula is C21H35F5O4. The number of carbonyl (C=O) groups excluding carboxylic acids is 2. The summed E-state index contributed by atoms with van der Waals surface area (Å²) in [4.78, 5) is 23.6. The molecule has 4 nitrogen and oxygen atoms in total. The van der Waals surface area contributed by atoms with Crippen LogP contribution in [0, 0.1) is 0 Å². The highest BCUT2D eigenvalue weighted by Crippen LogP contribution is 2.39. The zero-order chi connectivity index (χ0) is 23.0. The molecule has 178 valence electrons. The maximum Gasteiger partial charge on any atom is 0.453 e. The van der Waals surface area contributed by atoms with Crippen LogP contribution in [0.5, 0.6) is 0 Å². The smallest absolute Gasteiger partial charge is 0.453 e. The highest BCUT2D eigenvalue weighted by atomic mass is 19.4. The van der Waals surface area contributed by atoms with Crippen LogP contribution < -0.4 is 0 Å². The molecule has 0 aliphatic heterocycles. The Kier molecular flexibility index (Phi) is 14.7. The second kappa shape index (κ2) is 15.4. The maximum atomic E-state index is 13.4. The SMILES string of the molecule is CCCCCCCC(=O)OCC(CC(F)(F)C(F)(F)F)OC(=O)CCCCCCC. The Morgan fingerprint density at radius 3 is 1.67 bits per heavy atom. The first-order chi connectivity index (χ1) is 14.0. The standard InChI is InChI=1S/C21H35F5O4/c1-3-5-7-9-11-13-18(27)29-16-17(15-20(22,23)21(24,25)26)30-19(28)14-12-10-8-6-4-2/h17H,3-16H2,1-2H3. The third-order valence-corrected chi connectivity index (χ3v) is 4.60. The number of ether oxygens (including phenoxy) is 2. The van der Waals surface area contributed by atoms with E-state index in [1.54, 1.807) is 0 Å². The molecule has 0 saturated carbocycles. The number of hydrogen-bond donors (Lipinski definition) is 0. The fourth-order valence-corrected chi connectivity index (χ4v) is 2.78. The van der Waals surface area contributed by atoms with E-state index in [4.69, 9.17) is 9.47 Å². The van der Waals surface area contributed by atoms with Crippen LogP contribution in [-0.2, 0) is 19.1 Å². The van der Waals surface area contributed by atoms with E-state index in [0.717, 1.165) is 51.4 Å². The van der Waals surface area contributed by atoms with Crippen LogP contribution in [0.15, 0.2) is 0 Å². The molecule has 0 fully saturated rings. The first kappa shape index (κ1) is 28.6. The summed E-state index contributed by atoms with van der Waals surface area (Å²) in [5.74, 6) is -6.63. The van der Waals surface area contributed by atoms with E-state index in [2.05, 4.69) is 0 Å². The van der Waals surface area contributed by atoms with E-state index < -0.39 is 43.2 Å². The van der Waals surface area contributed by atoms with Gasteiger partial charge in [0.2, 0.25) is 0 Å². The van der Waals surface area contributed by atoms with Crippen LogP contribution in [0.2, 0.25) is 0 Å². The molecule has 0 aromatic heterocycles. The number of esters is 2. The number of halogens is 5. The number of unbranched alkanes of at least 4 members (excludes halogenated alkanes) is 8. The summed E-state index contributed by atoms with van der Waals surface area (Å²) in [5.41, 5.74) is 0. The van der Waals surface area contributed by atoms with E-state index >= 15 is 0 Å². The lowest BCUT2D eigenvalue weighted by Crippen LogP contribution is -2.42. The fourth-order valence-electron chi connectivity index (χ4n) is 2.78. The lowest BCUT2D eigenvalue weighted by atomic mass is 10.1. The molecule has 0 aliphatic carbocycles. The lowest BCUT2D eigenvalue weighted by molar-refractivity contribution is -0.291. The van der Waals surface area contributed by atoms with Gasteiger partial charge in [0, 0.05) is 12.8 Å². The van der Waals surface area contributed by atoms with Crippen molar-refractivity contribution in [3.05, 3.63) is 0 Å². The molecule has 0 saturated heterocycles. The Bertz CT molecular complexity index is 481. The normalized spacial score (nSPS) is 13.2. The van der Waals surface area contributed by atoms with E-state index in [-0.39, 0.29) is 12.8 Å². The Labute approximate surface area is 175 Å². The molecule has 0 aromatic carbocycles. The van der Waals surface area contributed by atoms with Crippen LogP contribution in [0.4, 0.5) is 22.0 Å². The van der Waals surface area contributed by atoms with Crippen molar-refractivity contribution in [3.63, 3.8) is 0 Å².